The molecule has 0 amide bonds. The average Bonchev–Trinajstić information content (AvgIpc) is 2.83. The van der Waals surface area contributed by atoms with Crippen molar-refractivity contribution in [2.75, 3.05) is 26.9 Å². The first kappa shape index (κ1) is 29.3. The maximum atomic E-state index is 11.1. The molecule has 2 rings (SSSR count). The Morgan fingerprint density at radius 1 is 0.853 bits per heavy atom. The van der Waals surface area contributed by atoms with E-state index in [1.54, 1.807) is 0 Å². The number of hydrogen-bond acceptors (Lipinski definition) is 12. The van der Waals surface area contributed by atoms with Crippen LogP contribution in [0.3, 0.4) is 0 Å². The van der Waals surface area contributed by atoms with E-state index in [1.165, 1.54) is 7.11 Å². The van der Waals surface area contributed by atoms with Crippen molar-refractivity contribution < 1.29 is 59.1 Å². The van der Waals surface area contributed by atoms with Crippen molar-refractivity contribution in [1.29, 1.82) is 0 Å². The molecule has 2 fully saturated rings. The fraction of sp³-hybridized carbons (Fsp3) is 0.955. The molecule has 0 aromatic carbocycles. The lowest BCUT2D eigenvalue weighted by Gasteiger charge is -2.44. The predicted molar refractivity (Wildman–Crippen MR) is 115 cm³/mol. The number of aliphatic hydroxyl groups is 6. The zero-order valence-electron chi connectivity index (χ0n) is 19.6. The average molecular weight is 497 g/mol. The van der Waals surface area contributed by atoms with Crippen LogP contribution in [0.2, 0.25) is 0 Å². The maximum absolute atomic E-state index is 11.1. The molecule has 0 aromatic rings. The number of hydrogen-bond donors (Lipinski definition) is 6. The van der Waals surface area contributed by atoms with E-state index >= 15 is 0 Å². The summed E-state index contributed by atoms with van der Waals surface area (Å²) in [6.45, 7) is -0.798. The van der Waals surface area contributed by atoms with E-state index < -0.39 is 68.5 Å². The molecule has 12 heteroatoms. The van der Waals surface area contributed by atoms with E-state index in [0.717, 1.165) is 32.1 Å². The smallest absolute Gasteiger partial charge is 0.305 e. The summed E-state index contributed by atoms with van der Waals surface area (Å²) in [5.41, 5.74) is 0. The van der Waals surface area contributed by atoms with Gasteiger partial charge in [0.15, 0.2) is 12.6 Å². The molecule has 0 aliphatic carbocycles. The first-order chi connectivity index (χ1) is 16.3. The van der Waals surface area contributed by atoms with Crippen LogP contribution in [-0.4, -0.2) is 119 Å². The van der Waals surface area contributed by atoms with Gasteiger partial charge in [-0.25, -0.2) is 0 Å². The summed E-state index contributed by atoms with van der Waals surface area (Å²) in [5, 5.41) is 59.5. The number of carbonyl (C=O) groups excluding carboxylic acids is 1. The molecule has 0 aromatic heterocycles. The molecule has 0 unspecified atom stereocenters. The Labute approximate surface area is 199 Å². The molecule has 200 valence electrons. The largest absolute Gasteiger partial charge is 0.469 e. The predicted octanol–water partition coefficient (Wildman–Crippen LogP) is -1.44. The van der Waals surface area contributed by atoms with Crippen LogP contribution >= 0.6 is 0 Å². The fourth-order valence-electron chi connectivity index (χ4n) is 4.04. The zero-order chi connectivity index (χ0) is 25.1. The van der Waals surface area contributed by atoms with Gasteiger partial charge in [-0.1, -0.05) is 25.7 Å². The minimum atomic E-state index is -1.47. The van der Waals surface area contributed by atoms with Crippen molar-refractivity contribution in [3.8, 4) is 0 Å². The Kier molecular flexibility index (Phi) is 13.1. The molecule has 0 saturated carbocycles. The van der Waals surface area contributed by atoms with Gasteiger partial charge < -0.3 is 54.3 Å². The number of aliphatic hydroxyl groups excluding tert-OH is 6. The molecule has 6 N–H and O–H groups in total. The molecule has 0 radical (unpaired) electrons. The molecule has 0 spiro atoms. The van der Waals surface area contributed by atoms with Gasteiger partial charge in [0.1, 0.15) is 36.6 Å². The summed E-state index contributed by atoms with van der Waals surface area (Å²) >= 11 is 0. The van der Waals surface area contributed by atoms with Gasteiger partial charge in [0, 0.05) is 19.4 Å². The van der Waals surface area contributed by atoms with Crippen LogP contribution in [-0.2, 0) is 28.5 Å². The van der Waals surface area contributed by atoms with E-state index in [2.05, 4.69) is 4.74 Å². The van der Waals surface area contributed by atoms with Crippen molar-refractivity contribution in [2.45, 2.75) is 107 Å². The molecule has 2 heterocycles. The second-order valence-corrected chi connectivity index (χ2v) is 8.71. The minimum Gasteiger partial charge on any atom is -0.469 e. The second-order valence-electron chi connectivity index (χ2n) is 8.71. The van der Waals surface area contributed by atoms with Crippen molar-refractivity contribution in [3.05, 3.63) is 0 Å². The summed E-state index contributed by atoms with van der Waals surface area (Å²) < 4.78 is 27.2. The van der Waals surface area contributed by atoms with Crippen molar-refractivity contribution in [1.82, 2.24) is 0 Å². The highest BCUT2D eigenvalue weighted by Gasteiger charge is 2.48. The fourth-order valence-corrected chi connectivity index (χ4v) is 4.04. The SMILES string of the molecule is COC(=O)CCCCCCCCO[C@H]1O[C@H](CO)[C@@H](O)[C@H](O)[C@H]1O[C@@H]1C[C@H](O)[C@@H](O)[C@@H](CO)O1. The van der Waals surface area contributed by atoms with Crippen LogP contribution in [0, 0.1) is 0 Å². The van der Waals surface area contributed by atoms with Gasteiger partial charge in [0.05, 0.1) is 26.4 Å². The molecule has 12 nitrogen and oxygen atoms in total. The quantitative estimate of drug-likeness (QED) is 0.122. The van der Waals surface area contributed by atoms with Gasteiger partial charge in [-0.15, -0.1) is 0 Å². The van der Waals surface area contributed by atoms with Crippen LogP contribution in [0.1, 0.15) is 51.4 Å². The highest BCUT2D eigenvalue weighted by molar-refractivity contribution is 5.68. The number of methoxy groups -OCH3 is 1. The number of esters is 1. The highest BCUT2D eigenvalue weighted by atomic mass is 16.7. The Bertz CT molecular complexity index is 578. The minimum absolute atomic E-state index is 0.122. The third-order valence-corrected chi connectivity index (χ3v) is 6.13. The Hall–Kier alpha value is -0.930. The van der Waals surface area contributed by atoms with Gasteiger partial charge in [-0.05, 0) is 12.8 Å². The van der Waals surface area contributed by atoms with Gasteiger partial charge in [0.2, 0.25) is 0 Å². The van der Waals surface area contributed by atoms with Crippen LogP contribution in [0.15, 0.2) is 0 Å². The number of carbonyl (C=O) groups is 1. The standard InChI is InChI=1S/C22H40O12/c1-30-16(26)8-6-4-2-3-5-7-9-31-22-21(20(29)19(28)15(12-24)33-22)34-17-10-13(25)18(27)14(11-23)32-17/h13-15,17-25,27-29H,2-12H2,1H3/t13-,14+,15+,17+,18+,19+,20-,21+,22-/m0/s1. The van der Waals surface area contributed by atoms with Gasteiger partial charge in [-0.2, -0.15) is 0 Å². The summed E-state index contributed by atoms with van der Waals surface area (Å²) in [5.74, 6) is -0.206. The van der Waals surface area contributed by atoms with Crippen LogP contribution in [0.5, 0.6) is 0 Å². The lowest BCUT2D eigenvalue weighted by Crippen LogP contribution is -2.62. The van der Waals surface area contributed by atoms with Crippen LogP contribution < -0.4 is 0 Å². The van der Waals surface area contributed by atoms with Crippen molar-refractivity contribution in [2.24, 2.45) is 0 Å². The van der Waals surface area contributed by atoms with Crippen LogP contribution in [0.4, 0.5) is 0 Å². The van der Waals surface area contributed by atoms with Gasteiger partial charge in [0.25, 0.3) is 0 Å². The van der Waals surface area contributed by atoms with Gasteiger partial charge >= 0.3 is 5.97 Å². The number of unbranched alkanes of at least 4 members (excludes halogenated alkanes) is 5. The Balaban J connectivity index is 1.81. The third kappa shape index (κ3) is 8.63. The first-order valence-corrected chi connectivity index (χ1v) is 11.9. The first-order valence-electron chi connectivity index (χ1n) is 11.9. The molecule has 34 heavy (non-hydrogen) atoms. The summed E-state index contributed by atoms with van der Waals surface area (Å²) in [6.07, 6.45) is -5.43. The van der Waals surface area contributed by atoms with E-state index in [9.17, 15) is 35.4 Å². The molecule has 9 atom stereocenters. The van der Waals surface area contributed by atoms with Gasteiger partial charge in [-0.3, -0.25) is 4.79 Å². The zero-order valence-corrected chi connectivity index (χ0v) is 19.6. The van der Waals surface area contributed by atoms with E-state index in [-0.39, 0.29) is 19.0 Å². The van der Waals surface area contributed by atoms with E-state index in [1.807, 2.05) is 0 Å². The summed E-state index contributed by atoms with van der Waals surface area (Å²) in [6, 6.07) is 0. The molecule has 2 aliphatic rings. The number of ether oxygens (including phenoxy) is 5. The number of rotatable bonds is 14. The topological polar surface area (TPSA) is 185 Å². The Morgan fingerprint density at radius 2 is 1.47 bits per heavy atom. The van der Waals surface area contributed by atoms with E-state index in [4.69, 9.17) is 18.9 Å². The lowest BCUT2D eigenvalue weighted by atomic mass is 9.98. The third-order valence-electron chi connectivity index (χ3n) is 6.13. The molecule has 2 saturated heterocycles. The Morgan fingerprint density at radius 3 is 2.12 bits per heavy atom. The van der Waals surface area contributed by atoms with Crippen molar-refractivity contribution >= 4 is 5.97 Å². The molecule has 0 bridgehead atoms. The normalized spacial score (nSPS) is 36.4. The molecule has 2 aliphatic heterocycles. The van der Waals surface area contributed by atoms with Crippen molar-refractivity contribution in [3.63, 3.8) is 0 Å². The maximum Gasteiger partial charge on any atom is 0.305 e. The van der Waals surface area contributed by atoms with E-state index in [0.29, 0.717) is 12.8 Å². The summed E-state index contributed by atoms with van der Waals surface area (Å²) in [4.78, 5) is 11.1. The summed E-state index contributed by atoms with van der Waals surface area (Å²) in [7, 11) is 1.37. The lowest BCUT2D eigenvalue weighted by molar-refractivity contribution is -0.350. The highest BCUT2D eigenvalue weighted by Crippen LogP contribution is 2.29. The molecular formula is C22H40O12. The molecular weight excluding hydrogens is 456 g/mol. The second kappa shape index (κ2) is 15.2. The monoisotopic (exact) mass is 496 g/mol. The van der Waals surface area contributed by atoms with Crippen LogP contribution in [0.25, 0.3) is 0 Å².